The molecule has 2 N–H and O–H groups in total. The van der Waals surface area contributed by atoms with Crippen molar-refractivity contribution in [2.24, 2.45) is 5.73 Å². The molecule has 1 saturated heterocycles. The van der Waals surface area contributed by atoms with Gasteiger partial charge in [0.25, 0.3) is 0 Å². The van der Waals surface area contributed by atoms with Gasteiger partial charge in [0.2, 0.25) is 0 Å². The first-order valence-electron chi connectivity index (χ1n) is 5.34. The smallest absolute Gasteiger partial charge is 0.140 e. The fraction of sp³-hybridized carbons (Fsp3) is 0.273. The van der Waals surface area contributed by atoms with E-state index in [1.165, 1.54) is 0 Å². The molecule has 2 aromatic rings. The van der Waals surface area contributed by atoms with Gasteiger partial charge in [0.15, 0.2) is 0 Å². The minimum atomic E-state index is 0.240. The average Bonchev–Trinajstić information content (AvgIpc) is 2.34. The van der Waals surface area contributed by atoms with Crippen LogP contribution in [0.25, 0.3) is 10.9 Å². The molecule has 6 heteroatoms. The lowest BCUT2D eigenvalue weighted by atomic mass is 10.1. The van der Waals surface area contributed by atoms with Crippen LogP contribution in [0.15, 0.2) is 24.5 Å². The second-order valence-corrected chi connectivity index (χ2v) is 4.32. The summed E-state index contributed by atoms with van der Waals surface area (Å²) >= 11 is 3.80. The normalized spacial score (nSPS) is 16.0. The number of hydrogen-bond acceptors (Lipinski definition) is 6. The summed E-state index contributed by atoms with van der Waals surface area (Å²) in [6.07, 6.45) is 1.57. The number of nitrogens with zero attached hydrogens (tertiary/aromatic N) is 3. The zero-order valence-corrected chi connectivity index (χ0v) is 9.97. The molecule has 17 heavy (non-hydrogen) atoms. The van der Waals surface area contributed by atoms with E-state index >= 15 is 0 Å². The van der Waals surface area contributed by atoms with Gasteiger partial charge in [-0.1, -0.05) is 0 Å². The molecule has 5 nitrogen and oxygen atoms in total. The van der Waals surface area contributed by atoms with Crippen LogP contribution in [0.5, 0.6) is 5.75 Å². The van der Waals surface area contributed by atoms with Crippen LogP contribution < -0.4 is 14.8 Å². The van der Waals surface area contributed by atoms with E-state index in [1.807, 2.05) is 18.2 Å². The highest BCUT2D eigenvalue weighted by molar-refractivity contribution is 7.75. The van der Waals surface area contributed by atoms with Crippen molar-refractivity contribution in [2.45, 2.75) is 6.04 Å². The first-order chi connectivity index (χ1) is 8.28. The topological polar surface area (TPSA) is 64.3 Å². The van der Waals surface area contributed by atoms with Crippen molar-refractivity contribution in [2.75, 3.05) is 18.0 Å². The molecule has 0 amide bonds. The predicted molar refractivity (Wildman–Crippen MR) is 69.3 cm³/mol. The molecule has 1 fully saturated rings. The van der Waals surface area contributed by atoms with E-state index < -0.39 is 0 Å². The molecule has 0 radical (unpaired) electrons. The molecule has 1 aliphatic heterocycles. The third kappa shape index (κ3) is 1.79. The summed E-state index contributed by atoms with van der Waals surface area (Å²) in [5, 5.41) is 0.964. The number of nitrogens with two attached hydrogens (primary N) is 1. The number of anilines is 1. The molecule has 3 rings (SSSR count). The van der Waals surface area contributed by atoms with Gasteiger partial charge in [-0.3, -0.25) is 0 Å². The summed E-state index contributed by atoms with van der Waals surface area (Å²) in [6, 6.07) is 5.85. The highest BCUT2D eigenvalue weighted by Gasteiger charge is 2.25. The Kier molecular flexibility index (Phi) is 2.53. The Labute approximate surface area is 104 Å². The lowest BCUT2D eigenvalue weighted by Gasteiger charge is -2.38. The highest BCUT2D eigenvalue weighted by atomic mass is 32.1. The number of hydrogen-bond donors (Lipinski definition) is 2. The fourth-order valence-corrected chi connectivity index (χ4v) is 2.13. The maximum atomic E-state index is 5.78. The highest BCUT2D eigenvalue weighted by Crippen LogP contribution is 2.29. The fourth-order valence-electron chi connectivity index (χ4n) is 2.02. The van der Waals surface area contributed by atoms with E-state index in [9.17, 15) is 0 Å². The van der Waals surface area contributed by atoms with Crippen LogP contribution in [-0.4, -0.2) is 29.1 Å². The maximum absolute atomic E-state index is 5.78. The van der Waals surface area contributed by atoms with Crippen LogP contribution in [0.4, 0.5) is 5.82 Å². The molecular weight excluding hydrogens is 236 g/mol. The molecule has 0 aliphatic carbocycles. The zero-order valence-electron chi connectivity index (χ0n) is 9.08. The SMILES string of the molecule is NC1CN(c2ncnc3ccc(OS)cc23)C1. The van der Waals surface area contributed by atoms with Crippen LogP contribution in [0, 0.1) is 0 Å². The largest absolute Gasteiger partial charge is 0.429 e. The van der Waals surface area contributed by atoms with Gasteiger partial charge in [0, 0.05) is 37.4 Å². The Hall–Kier alpha value is -1.53. The Morgan fingerprint density at radius 1 is 1.35 bits per heavy atom. The molecule has 0 spiro atoms. The van der Waals surface area contributed by atoms with E-state index in [1.54, 1.807) is 6.33 Å². The monoisotopic (exact) mass is 248 g/mol. The van der Waals surface area contributed by atoms with Gasteiger partial charge in [-0.2, -0.15) is 0 Å². The summed E-state index contributed by atoms with van der Waals surface area (Å²) in [6.45, 7) is 1.66. The predicted octanol–water partition coefficient (Wildman–Crippen LogP) is 1.00. The van der Waals surface area contributed by atoms with Gasteiger partial charge in [-0.15, -0.1) is 0 Å². The summed E-state index contributed by atoms with van der Waals surface area (Å²) in [5.41, 5.74) is 6.68. The van der Waals surface area contributed by atoms with E-state index in [-0.39, 0.29) is 6.04 Å². The van der Waals surface area contributed by atoms with Crippen molar-refractivity contribution in [3.05, 3.63) is 24.5 Å². The van der Waals surface area contributed by atoms with Crippen molar-refractivity contribution in [1.82, 2.24) is 9.97 Å². The zero-order chi connectivity index (χ0) is 11.8. The molecule has 0 saturated carbocycles. The minimum absolute atomic E-state index is 0.240. The molecule has 1 aromatic carbocycles. The first-order valence-corrected chi connectivity index (χ1v) is 5.71. The number of thiol groups is 1. The van der Waals surface area contributed by atoms with Crippen molar-refractivity contribution in [3.63, 3.8) is 0 Å². The third-order valence-corrected chi connectivity index (χ3v) is 3.11. The van der Waals surface area contributed by atoms with Crippen molar-refractivity contribution >= 4 is 29.6 Å². The number of benzene rings is 1. The summed E-state index contributed by atoms with van der Waals surface area (Å²) in [7, 11) is 0. The van der Waals surface area contributed by atoms with E-state index in [0.717, 1.165) is 29.8 Å². The van der Waals surface area contributed by atoms with Crippen LogP contribution in [0.2, 0.25) is 0 Å². The Morgan fingerprint density at radius 2 is 2.18 bits per heavy atom. The molecular formula is C11H12N4OS. The maximum Gasteiger partial charge on any atom is 0.140 e. The molecule has 1 aliphatic rings. The van der Waals surface area contributed by atoms with Crippen LogP contribution in [0.1, 0.15) is 0 Å². The third-order valence-electron chi connectivity index (χ3n) is 2.90. The standard InChI is InChI=1S/C11H12N4OS/c12-7-4-15(5-7)11-9-3-8(16-17)1-2-10(9)13-6-14-11/h1-3,6-7,17H,4-5,12H2. The second kappa shape index (κ2) is 4.05. The van der Waals surface area contributed by atoms with Gasteiger partial charge in [0.1, 0.15) is 17.9 Å². The summed E-state index contributed by atoms with van der Waals surface area (Å²) < 4.78 is 4.93. The Morgan fingerprint density at radius 3 is 2.88 bits per heavy atom. The van der Waals surface area contributed by atoms with Gasteiger partial charge < -0.3 is 14.8 Å². The Balaban J connectivity index is 2.10. The van der Waals surface area contributed by atoms with Gasteiger partial charge in [0.05, 0.1) is 5.52 Å². The Bertz CT molecular complexity index is 556. The first kappa shape index (κ1) is 10.6. The summed E-state index contributed by atoms with van der Waals surface area (Å²) in [4.78, 5) is 10.7. The van der Waals surface area contributed by atoms with Gasteiger partial charge in [-0.05, 0) is 18.2 Å². The molecule has 0 bridgehead atoms. The van der Waals surface area contributed by atoms with Crippen LogP contribution in [0.3, 0.4) is 0 Å². The quantitative estimate of drug-likeness (QED) is 0.613. The minimum Gasteiger partial charge on any atom is -0.429 e. The number of aromatic nitrogens is 2. The molecule has 1 aromatic heterocycles. The number of rotatable bonds is 2. The van der Waals surface area contributed by atoms with Gasteiger partial charge >= 0.3 is 0 Å². The van der Waals surface area contributed by atoms with Crippen molar-refractivity contribution in [1.29, 1.82) is 0 Å². The van der Waals surface area contributed by atoms with E-state index in [4.69, 9.17) is 9.92 Å². The average molecular weight is 248 g/mol. The lowest BCUT2D eigenvalue weighted by Crippen LogP contribution is -2.56. The van der Waals surface area contributed by atoms with E-state index in [2.05, 4.69) is 27.8 Å². The van der Waals surface area contributed by atoms with Crippen LogP contribution >= 0.6 is 12.9 Å². The molecule has 0 unspecified atom stereocenters. The molecule has 2 heterocycles. The summed E-state index contributed by atoms with van der Waals surface area (Å²) in [5.74, 6) is 1.59. The van der Waals surface area contributed by atoms with E-state index in [0.29, 0.717) is 5.75 Å². The van der Waals surface area contributed by atoms with Gasteiger partial charge in [-0.25, -0.2) is 9.97 Å². The molecule has 88 valence electrons. The molecule has 0 atom stereocenters. The number of fused-ring (bicyclic) bond motifs is 1. The van der Waals surface area contributed by atoms with Crippen molar-refractivity contribution in [3.8, 4) is 5.75 Å². The lowest BCUT2D eigenvalue weighted by molar-refractivity contribution is 0.516. The van der Waals surface area contributed by atoms with Crippen LogP contribution in [-0.2, 0) is 0 Å². The second-order valence-electron chi connectivity index (χ2n) is 4.13. The van der Waals surface area contributed by atoms with Crippen molar-refractivity contribution < 1.29 is 4.18 Å².